The van der Waals surface area contributed by atoms with Gasteiger partial charge >= 0.3 is 0 Å². The lowest BCUT2D eigenvalue weighted by Gasteiger charge is -2.30. The topological polar surface area (TPSA) is 75.6 Å². The molecule has 0 radical (unpaired) electrons. The van der Waals surface area contributed by atoms with Crippen LogP contribution in [0.25, 0.3) is 0 Å². The number of benzene rings is 1. The lowest BCUT2D eigenvalue weighted by molar-refractivity contribution is 0.172. The van der Waals surface area contributed by atoms with Gasteiger partial charge in [-0.2, -0.15) is 0 Å². The molecule has 1 aromatic carbocycles. The van der Waals surface area contributed by atoms with E-state index in [-0.39, 0.29) is 17.3 Å². The molecule has 2 N–H and O–H groups in total. The number of aliphatic hydroxyl groups is 1. The molecule has 0 fully saturated rings. The minimum Gasteiger partial charge on any atom is -0.494 e. The Morgan fingerprint density at radius 1 is 1.35 bits per heavy atom. The van der Waals surface area contributed by atoms with Crippen LogP contribution in [-0.2, 0) is 10.0 Å². The molecule has 5 nitrogen and oxygen atoms in total. The number of methoxy groups -OCH3 is 1. The highest BCUT2D eigenvalue weighted by Gasteiger charge is 2.31. The molecule has 0 unspecified atom stereocenters. The van der Waals surface area contributed by atoms with Crippen molar-refractivity contribution < 1.29 is 22.7 Å². The van der Waals surface area contributed by atoms with Gasteiger partial charge in [-0.15, -0.1) is 0 Å². The zero-order valence-corrected chi connectivity index (χ0v) is 12.6. The van der Waals surface area contributed by atoms with Crippen LogP contribution >= 0.6 is 0 Å². The minimum absolute atomic E-state index is 0.0247. The van der Waals surface area contributed by atoms with Crippen LogP contribution in [0.3, 0.4) is 0 Å². The first kappa shape index (κ1) is 16.9. The highest BCUT2D eigenvalue weighted by atomic mass is 32.2. The lowest BCUT2D eigenvalue weighted by atomic mass is 9.96. The van der Waals surface area contributed by atoms with Gasteiger partial charge in [0.2, 0.25) is 10.0 Å². The zero-order valence-electron chi connectivity index (χ0n) is 11.8. The summed E-state index contributed by atoms with van der Waals surface area (Å²) in [7, 11) is -2.61. The summed E-state index contributed by atoms with van der Waals surface area (Å²) in [5.74, 6) is -0.777. The summed E-state index contributed by atoms with van der Waals surface area (Å²) in [6.07, 6.45) is 0.857. The summed E-state index contributed by atoms with van der Waals surface area (Å²) in [5, 5.41) is 9.40. The van der Waals surface area contributed by atoms with Crippen LogP contribution in [0.1, 0.15) is 26.7 Å². The first-order valence-corrected chi connectivity index (χ1v) is 7.81. The summed E-state index contributed by atoms with van der Waals surface area (Å²) in [6, 6.07) is 3.41. The summed E-state index contributed by atoms with van der Waals surface area (Å²) in [5.41, 5.74) is -0.935. The molecule has 1 rings (SSSR count). The van der Waals surface area contributed by atoms with Crippen molar-refractivity contribution in [1.29, 1.82) is 0 Å². The van der Waals surface area contributed by atoms with Gasteiger partial charge in [-0.05, 0) is 31.0 Å². The van der Waals surface area contributed by atoms with Crippen LogP contribution < -0.4 is 9.46 Å². The maximum Gasteiger partial charge on any atom is 0.241 e. The average molecular weight is 305 g/mol. The highest BCUT2D eigenvalue weighted by Crippen LogP contribution is 2.23. The van der Waals surface area contributed by atoms with Gasteiger partial charge < -0.3 is 9.84 Å². The number of sulfonamides is 1. The van der Waals surface area contributed by atoms with E-state index in [2.05, 4.69) is 4.72 Å². The van der Waals surface area contributed by atoms with Crippen molar-refractivity contribution in [2.45, 2.75) is 37.1 Å². The van der Waals surface area contributed by atoms with E-state index in [4.69, 9.17) is 4.74 Å². The van der Waals surface area contributed by atoms with Gasteiger partial charge in [0.1, 0.15) is 0 Å². The minimum atomic E-state index is -3.91. The van der Waals surface area contributed by atoms with E-state index in [9.17, 15) is 17.9 Å². The molecule has 20 heavy (non-hydrogen) atoms. The van der Waals surface area contributed by atoms with Crippen molar-refractivity contribution in [3.8, 4) is 5.75 Å². The number of hydrogen-bond acceptors (Lipinski definition) is 4. The molecule has 1 aromatic rings. The monoisotopic (exact) mass is 305 g/mol. The molecule has 0 atom stereocenters. The SMILES string of the molecule is CCC(CC)(CO)NS(=O)(=O)c1ccc(OC)c(F)c1. The lowest BCUT2D eigenvalue weighted by Crippen LogP contribution is -2.50. The third-order valence-electron chi connectivity index (χ3n) is 3.44. The average Bonchev–Trinajstić information content (AvgIpc) is 2.44. The van der Waals surface area contributed by atoms with E-state index in [0.717, 1.165) is 6.07 Å². The number of rotatable bonds is 7. The molecular formula is C13H20FNO4S. The zero-order chi connectivity index (χ0) is 15.4. The molecule has 114 valence electrons. The Hall–Kier alpha value is -1.18. The van der Waals surface area contributed by atoms with Gasteiger partial charge in [-0.3, -0.25) is 0 Å². The van der Waals surface area contributed by atoms with Gasteiger partial charge in [0.15, 0.2) is 11.6 Å². The maximum absolute atomic E-state index is 13.6. The Morgan fingerprint density at radius 3 is 2.35 bits per heavy atom. The fraction of sp³-hybridized carbons (Fsp3) is 0.538. The number of hydrogen-bond donors (Lipinski definition) is 2. The second-order valence-corrected chi connectivity index (χ2v) is 6.23. The first-order chi connectivity index (χ1) is 9.34. The van der Waals surface area contributed by atoms with E-state index in [1.165, 1.54) is 19.2 Å². The van der Waals surface area contributed by atoms with Crippen molar-refractivity contribution in [2.24, 2.45) is 0 Å². The summed E-state index contributed by atoms with van der Waals surface area (Å²) in [6.45, 7) is 3.23. The van der Waals surface area contributed by atoms with Crippen LogP contribution in [0.5, 0.6) is 5.75 Å². The number of ether oxygens (including phenoxy) is 1. The van der Waals surface area contributed by atoms with Crippen LogP contribution in [0.2, 0.25) is 0 Å². The van der Waals surface area contributed by atoms with Gasteiger partial charge in [0.25, 0.3) is 0 Å². The van der Waals surface area contributed by atoms with Crippen LogP contribution in [0, 0.1) is 5.82 Å². The van der Waals surface area contributed by atoms with Gasteiger partial charge in [-0.1, -0.05) is 13.8 Å². The molecule has 0 aliphatic carbocycles. The Balaban J connectivity index is 3.14. The number of aliphatic hydroxyl groups excluding tert-OH is 1. The van der Waals surface area contributed by atoms with Gasteiger partial charge in [0, 0.05) is 0 Å². The van der Waals surface area contributed by atoms with Crippen molar-refractivity contribution >= 4 is 10.0 Å². The fourth-order valence-corrected chi connectivity index (χ4v) is 3.36. The maximum atomic E-state index is 13.6. The number of nitrogens with one attached hydrogen (secondary N) is 1. The molecule has 0 spiro atoms. The molecule has 0 aliphatic heterocycles. The van der Waals surface area contributed by atoms with E-state index in [1.54, 1.807) is 13.8 Å². The van der Waals surface area contributed by atoms with E-state index in [0.29, 0.717) is 12.8 Å². The Bertz CT molecular complexity index is 547. The van der Waals surface area contributed by atoms with Crippen LogP contribution in [0.4, 0.5) is 4.39 Å². The van der Waals surface area contributed by atoms with E-state index < -0.39 is 21.4 Å². The van der Waals surface area contributed by atoms with Crippen molar-refractivity contribution in [3.63, 3.8) is 0 Å². The summed E-state index contributed by atoms with van der Waals surface area (Å²) < 4.78 is 45.3. The molecule has 0 aliphatic rings. The van der Waals surface area contributed by atoms with E-state index >= 15 is 0 Å². The smallest absolute Gasteiger partial charge is 0.241 e. The summed E-state index contributed by atoms with van der Waals surface area (Å²) >= 11 is 0. The van der Waals surface area contributed by atoms with Crippen molar-refractivity contribution in [2.75, 3.05) is 13.7 Å². The molecule has 0 aromatic heterocycles. The Kier molecular flexibility index (Phi) is 5.50. The fourth-order valence-electron chi connectivity index (χ4n) is 1.81. The third-order valence-corrected chi connectivity index (χ3v) is 5.02. The predicted molar refractivity (Wildman–Crippen MR) is 73.7 cm³/mol. The van der Waals surface area contributed by atoms with Crippen molar-refractivity contribution in [3.05, 3.63) is 24.0 Å². The molecular weight excluding hydrogens is 285 g/mol. The predicted octanol–water partition coefficient (Wildman–Crippen LogP) is 1.66. The molecule has 0 saturated carbocycles. The third kappa shape index (κ3) is 3.47. The number of halogens is 1. The highest BCUT2D eigenvalue weighted by molar-refractivity contribution is 7.89. The van der Waals surface area contributed by atoms with Crippen molar-refractivity contribution in [1.82, 2.24) is 4.72 Å². The molecule has 0 amide bonds. The largest absolute Gasteiger partial charge is 0.494 e. The molecule has 0 heterocycles. The second-order valence-electron chi connectivity index (χ2n) is 4.55. The Morgan fingerprint density at radius 2 is 1.95 bits per heavy atom. The second kappa shape index (κ2) is 6.51. The quantitative estimate of drug-likeness (QED) is 0.803. The van der Waals surface area contributed by atoms with Gasteiger partial charge in [-0.25, -0.2) is 17.5 Å². The first-order valence-electron chi connectivity index (χ1n) is 6.32. The summed E-state index contributed by atoms with van der Waals surface area (Å²) in [4.78, 5) is -0.199. The molecule has 0 saturated heterocycles. The van der Waals surface area contributed by atoms with Gasteiger partial charge in [0.05, 0.1) is 24.2 Å². The van der Waals surface area contributed by atoms with Crippen LogP contribution in [0.15, 0.2) is 23.1 Å². The molecule has 7 heteroatoms. The normalized spacial score (nSPS) is 12.4. The van der Waals surface area contributed by atoms with E-state index in [1.807, 2.05) is 0 Å². The Labute approximate surface area is 118 Å². The standard InChI is InChI=1S/C13H20FNO4S/c1-4-13(5-2,9-16)15-20(17,18)10-6-7-12(19-3)11(14)8-10/h6-8,15-16H,4-5,9H2,1-3H3. The van der Waals surface area contributed by atoms with Crippen LogP contribution in [-0.4, -0.2) is 32.8 Å². The molecule has 0 bridgehead atoms.